The summed E-state index contributed by atoms with van der Waals surface area (Å²) in [5, 5.41) is 20.6. The van der Waals surface area contributed by atoms with Crippen molar-refractivity contribution in [1.29, 1.82) is 5.26 Å². The van der Waals surface area contributed by atoms with E-state index >= 15 is 0 Å². The van der Waals surface area contributed by atoms with Crippen molar-refractivity contribution < 1.29 is 5.11 Å². The van der Waals surface area contributed by atoms with Gasteiger partial charge in [-0.1, -0.05) is 18.2 Å². The molecule has 2 heterocycles. The number of benzene rings is 1. The number of para-hydroxylation sites is 1. The lowest BCUT2D eigenvalue weighted by Gasteiger charge is -2.47. The predicted octanol–water partition coefficient (Wildman–Crippen LogP) is 2.07. The van der Waals surface area contributed by atoms with Crippen LogP contribution in [0.5, 0.6) is 0 Å². The highest BCUT2D eigenvalue weighted by molar-refractivity contribution is 5.86. The van der Waals surface area contributed by atoms with Gasteiger partial charge in [0, 0.05) is 5.39 Å². The van der Waals surface area contributed by atoms with Gasteiger partial charge in [0.2, 0.25) is 0 Å². The summed E-state index contributed by atoms with van der Waals surface area (Å²) in [5.74, 6) is 1.26. The second-order valence-electron chi connectivity index (χ2n) is 5.89. The standard InChI is InChI=1S/C16H15N3O/c17-8-11-7-15(18-14-4-2-1-3-13(11)14)19-9-16(20,10-19)12-5-6-12/h1-4,7,12,20H,5-6,9-10H2. The first-order valence-corrected chi connectivity index (χ1v) is 6.97. The molecule has 4 heteroatoms. The molecule has 0 amide bonds. The van der Waals surface area contributed by atoms with Crippen LogP contribution in [-0.4, -0.2) is 28.8 Å². The SMILES string of the molecule is N#Cc1cc(N2CC(O)(C3CC3)C2)nc2ccccc12. The minimum absolute atomic E-state index is 0.467. The van der Waals surface area contributed by atoms with Crippen LogP contribution in [0.25, 0.3) is 10.9 Å². The van der Waals surface area contributed by atoms with Gasteiger partial charge in [-0.3, -0.25) is 0 Å². The molecule has 0 spiro atoms. The maximum Gasteiger partial charge on any atom is 0.130 e. The molecule has 0 bridgehead atoms. The van der Waals surface area contributed by atoms with Crippen LogP contribution >= 0.6 is 0 Å². The lowest BCUT2D eigenvalue weighted by molar-refractivity contribution is -0.00971. The van der Waals surface area contributed by atoms with Crippen molar-refractivity contribution in [3.63, 3.8) is 0 Å². The van der Waals surface area contributed by atoms with Gasteiger partial charge in [-0.05, 0) is 30.9 Å². The van der Waals surface area contributed by atoms with Gasteiger partial charge < -0.3 is 10.0 Å². The number of pyridine rings is 1. The molecular weight excluding hydrogens is 250 g/mol. The largest absolute Gasteiger partial charge is 0.386 e. The summed E-state index contributed by atoms with van der Waals surface area (Å²) >= 11 is 0. The Labute approximate surface area is 117 Å². The van der Waals surface area contributed by atoms with E-state index in [9.17, 15) is 10.4 Å². The third-order valence-corrected chi connectivity index (χ3v) is 4.41. The van der Waals surface area contributed by atoms with E-state index in [0.29, 0.717) is 24.6 Å². The number of anilines is 1. The summed E-state index contributed by atoms with van der Waals surface area (Å²) in [5.41, 5.74) is 0.955. The first-order valence-electron chi connectivity index (χ1n) is 6.97. The molecule has 0 unspecified atom stereocenters. The topological polar surface area (TPSA) is 60.2 Å². The minimum Gasteiger partial charge on any atom is -0.386 e. The highest BCUT2D eigenvalue weighted by atomic mass is 16.3. The van der Waals surface area contributed by atoms with Gasteiger partial charge in [-0.25, -0.2) is 4.98 Å². The maximum absolute atomic E-state index is 10.4. The Bertz CT molecular complexity index is 724. The molecule has 1 N–H and O–H groups in total. The minimum atomic E-state index is -0.528. The second kappa shape index (κ2) is 3.94. The number of hydrogen-bond acceptors (Lipinski definition) is 4. The molecule has 2 aromatic rings. The van der Waals surface area contributed by atoms with Crippen LogP contribution in [0.15, 0.2) is 30.3 Å². The predicted molar refractivity (Wildman–Crippen MR) is 76.3 cm³/mol. The van der Waals surface area contributed by atoms with E-state index in [0.717, 1.165) is 29.6 Å². The molecule has 4 nitrogen and oxygen atoms in total. The number of nitriles is 1. The van der Waals surface area contributed by atoms with E-state index < -0.39 is 5.60 Å². The van der Waals surface area contributed by atoms with Crippen LogP contribution in [0.1, 0.15) is 18.4 Å². The van der Waals surface area contributed by atoms with E-state index in [4.69, 9.17) is 0 Å². The molecule has 1 saturated carbocycles. The fourth-order valence-corrected chi connectivity index (χ4v) is 3.07. The molecule has 1 aliphatic heterocycles. The molecule has 100 valence electrons. The van der Waals surface area contributed by atoms with E-state index in [1.165, 1.54) is 0 Å². The van der Waals surface area contributed by atoms with Gasteiger partial charge in [0.05, 0.1) is 30.2 Å². The summed E-state index contributed by atoms with van der Waals surface area (Å²) < 4.78 is 0. The van der Waals surface area contributed by atoms with Crippen LogP contribution in [0.2, 0.25) is 0 Å². The van der Waals surface area contributed by atoms with Gasteiger partial charge in [-0.15, -0.1) is 0 Å². The Morgan fingerprint density at radius 2 is 2.05 bits per heavy atom. The molecule has 1 aromatic heterocycles. The van der Waals surface area contributed by atoms with Crippen molar-refractivity contribution in [2.75, 3.05) is 18.0 Å². The van der Waals surface area contributed by atoms with Gasteiger partial charge in [0.25, 0.3) is 0 Å². The second-order valence-corrected chi connectivity index (χ2v) is 5.89. The number of hydrogen-bond donors (Lipinski definition) is 1. The van der Waals surface area contributed by atoms with E-state index in [1.54, 1.807) is 0 Å². The third kappa shape index (κ3) is 1.67. The van der Waals surface area contributed by atoms with Crippen LogP contribution < -0.4 is 4.90 Å². The zero-order valence-electron chi connectivity index (χ0n) is 11.1. The molecule has 2 fully saturated rings. The van der Waals surface area contributed by atoms with Gasteiger partial charge in [0.1, 0.15) is 11.4 Å². The number of fused-ring (bicyclic) bond motifs is 1. The number of aliphatic hydroxyl groups is 1. The monoisotopic (exact) mass is 265 g/mol. The molecule has 2 aliphatic rings. The fourth-order valence-electron chi connectivity index (χ4n) is 3.07. The zero-order chi connectivity index (χ0) is 13.7. The smallest absolute Gasteiger partial charge is 0.130 e. The van der Waals surface area contributed by atoms with Crippen LogP contribution in [0.3, 0.4) is 0 Å². The Morgan fingerprint density at radius 3 is 2.75 bits per heavy atom. The molecular formula is C16H15N3O. The average molecular weight is 265 g/mol. The lowest BCUT2D eigenvalue weighted by Crippen LogP contribution is -2.63. The molecule has 0 radical (unpaired) electrons. The summed E-state index contributed by atoms with van der Waals surface area (Å²) in [6.45, 7) is 1.27. The maximum atomic E-state index is 10.4. The lowest BCUT2D eigenvalue weighted by atomic mass is 9.88. The Morgan fingerprint density at radius 1 is 1.30 bits per heavy atom. The van der Waals surface area contributed by atoms with Gasteiger partial charge >= 0.3 is 0 Å². The highest BCUT2D eigenvalue weighted by Gasteiger charge is 2.52. The Balaban J connectivity index is 1.69. The van der Waals surface area contributed by atoms with Crippen molar-refractivity contribution in [1.82, 2.24) is 4.98 Å². The van der Waals surface area contributed by atoms with Crippen LogP contribution in [-0.2, 0) is 0 Å². The average Bonchev–Trinajstić information content (AvgIpc) is 3.27. The van der Waals surface area contributed by atoms with Gasteiger partial charge in [-0.2, -0.15) is 5.26 Å². The molecule has 4 rings (SSSR count). The van der Waals surface area contributed by atoms with E-state index in [1.807, 2.05) is 30.3 Å². The quantitative estimate of drug-likeness (QED) is 0.903. The highest BCUT2D eigenvalue weighted by Crippen LogP contribution is 2.45. The van der Waals surface area contributed by atoms with Crippen LogP contribution in [0.4, 0.5) is 5.82 Å². The normalized spacial score (nSPS) is 20.5. The third-order valence-electron chi connectivity index (χ3n) is 4.41. The summed E-state index contributed by atoms with van der Waals surface area (Å²) in [6.07, 6.45) is 2.28. The summed E-state index contributed by atoms with van der Waals surface area (Å²) in [6, 6.07) is 11.8. The van der Waals surface area contributed by atoms with Crippen molar-refractivity contribution in [3.8, 4) is 6.07 Å². The van der Waals surface area contributed by atoms with E-state index in [2.05, 4.69) is 16.0 Å². The first-order chi connectivity index (χ1) is 9.69. The summed E-state index contributed by atoms with van der Waals surface area (Å²) in [7, 11) is 0. The first kappa shape index (κ1) is 11.7. The van der Waals surface area contributed by atoms with Crippen molar-refractivity contribution >= 4 is 16.7 Å². The molecule has 1 aliphatic carbocycles. The number of aromatic nitrogens is 1. The molecule has 0 atom stereocenters. The van der Waals surface area contributed by atoms with Gasteiger partial charge in [0.15, 0.2) is 0 Å². The van der Waals surface area contributed by atoms with Crippen molar-refractivity contribution in [2.45, 2.75) is 18.4 Å². The Hall–Kier alpha value is -2.12. The zero-order valence-corrected chi connectivity index (χ0v) is 11.1. The molecule has 1 saturated heterocycles. The van der Waals surface area contributed by atoms with Crippen molar-refractivity contribution in [2.24, 2.45) is 5.92 Å². The fraction of sp³-hybridized carbons (Fsp3) is 0.375. The number of rotatable bonds is 2. The number of β-amino-alcohol motifs (C(OH)–C–C–N with tert-alkyl or cyclic N) is 1. The summed E-state index contributed by atoms with van der Waals surface area (Å²) in [4.78, 5) is 6.68. The molecule has 20 heavy (non-hydrogen) atoms. The molecule has 1 aromatic carbocycles. The van der Waals surface area contributed by atoms with Crippen molar-refractivity contribution in [3.05, 3.63) is 35.9 Å². The number of nitrogens with zero attached hydrogens (tertiary/aromatic N) is 3. The van der Waals surface area contributed by atoms with Crippen LogP contribution in [0, 0.1) is 17.2 Å². The van der Waals surface area contributed by atoms with E-state index in [-0.39, 0.29) is 0 Å². The Kier molecular flexibility index (Phi) is 2.30.